The zero-order valence-electron chi connectivity index (χ0n) is 12.3. The molecule has 0 unspecified atom stereocenters. The smallest absolute Gasteiger partial charge is 0.240 e. The number of sulfonamides is 1. The van der Waals surface area contributed by atoms with Crippen molar-refractivity contribution in [3.63, 3.8) is 0 Å². The molecule has 0 bridgehead atoms. The van der Waals surface area contributed by atoms with Crippen LogP contribution in [0.5, 0.6) is 0 Å². The summed E-state index contributed by atoms with van der Waals surface area (Å²) in [5.41, 5.74) is 0.881. The van der Waals surface area contributed by atoms with Crippen molar-refractivity contribution in [1.82, 2.24) is 4.72 Å². The van der Waals surface area contributed by atoms with Crippen molar-refractivity contribution < 1.29 is 13.2 Å². The second kappa shape index (κ2) is 8.24. The molecule has 1 aromatic carbocycles. The van der Waals surface area contributed by atoms with Crippen molar-refractivity contribution in [3.8, 4) is 0 Å². The first-order valence-corrected chi connectivity index (χ1v) is 8.29. The maximum atomic E-state index is 12.0. The van der Waals surface area contributed by atoms with Gasteiger partial charge in [-0.25, -0.2) is 13.1 Å². The van der Waals surface area contributed by atoms with Gasteiger partial charge in [0.1, 0.15) is 0 Å². The Kier molecular flexibility index (Phi) is 6.98. The number of anilines is 1. The predicted molar refractivity (Wildman–Crippen MR) is 81.5 cm³/mol. The molecule has 0 spiro atoms. The van der Waals surface area contributed by atoms with Gasteiger partial charge < -0.3 is 10.1 Å². The van der Waals surface area contributed by atoms with Crippen LogP contribution in [0.4, 0.5) is 5.69 Å². The molecule has 6 heteroatoms. The van der Waals surface area contributed by atoms with Gasteiger partial charge in [0.05, 0.1) is 4.90 Å². The Hall–Kier alpha value is -1.11. The minimum Gasteiger partial charge on any atom is -0.388 e. The third kappa shape index (κ3) is 5.90. The zero-order chi connectivity index (χ0) is 15.0. The largest absolute Gasteiger partial charge is 0.388 e. The molecule has 0 heterocycles. The fourth-order valence-corrected chi connectivity index (χ4v) is 2.66. The first-order chi connectivity index (χ1) is 9.45. The first kappa shape index (κ1) is 16.9. The summed E-state index contributed by atoms with van der Waals surface area (Å²) in [6.07, 6.45) is 0.667. The fraction of sp³-hybridized carbons (Fsp3) is 0.571. The van der Waals surface area contributed by atoms with E-state index in [1.165, 1.54) is 0 Å². The number of nitrogens with one attached hydrogen (secondary N) is 2. The third-order valence-corrected chi connectivity index (χ3v) is 4.14. The normalized spacial score (nSPS) is 11.8. The highest BCUT2D eigenvalue weighted by atomic mass is 32.2. The summed E-state index contributed by atoms with van der Waals surface area (Å²) in [6, 6.07) is 6.65. The van der Waals surface area contributed by atoms with E-state index in [1.54, 1.807) is 31.3 Å². The van der Waals surface area contributed by atoms with E-state index in [1.807, 2.05) is 0 Å². The summed E-state index contributed by atoms with van der Waals surface area (Å²) in [4.78, 5) is 0.277. The van der Waals surface area contributed by atoms with Gasteiger partial charge >= 0.3 is 0 Å². The molecule has 20 heavy (non-hydrogen) atoms. The van der Waals surface area contributed by atoms with Gasteiger partial charge in [-0.1, -0.05) is 13.8 Å². The Bertz CT molecular complexity index is 484. The van der Waals surface area contributed by atoms with E-state index in [0.29, 0.717) is 32.1 Å². The number of hydrogen-bond donors (Lipinski definition) is 2. The van der Waals surface area contributed by atoms with Crippen LogP contribution in [-0.2, 0) is 14.8 Å². The van der Waals surface area contributed by atoms with Crippen LogP contribution in [0.15, 0.2) is 29.2 Å². The van der Waals surface area contributed by atoms with Crippen molar-refractivity contribution in [2.24, 2.45) is 5.92 Å². The van der Waals surface area contributed by atoms with Crippen molar-refractivity contribution in [2.45, 2.75) is 25.2 Å². The second-order valence-electron chi connectivity index (χ2n) is 4.99. The summed E-state index contributed by atoms with van der Waals surface area (Å²) in [6.45, 7) is 5.82. The Morgan fingerprint density at radius 1 is 1.20 bits per heavy atom. The third-order valence-electron chi connectivity index (χ3n) is 2.66. The molecule has 0 fully saturated rings. The van der Waals surface area contributed by atoms with Crippen molar-refractivity contribution in [1.29, 1.82) is 0 Å². The van der Waals surface area contributed by atoms with Gasteiger partial charge in [0.25, 0.3) is 0 Å². The van der Waals surface area contributed by atoms with Gasteiger partial charge in [-0.15, -0.1) is 0 Å². The summed E-state index contributed by atoms with van der Waals surface area (Å²) in [5.74, 6) is 0.498. The molecule has 0 saturated carbocycles. The lowest BCUT2D eigenvalue weighted by Crippen LogP contribution is -2.25. The molecule has 0 aromatic heterocycles. The van der Waals surface area contributed by atoms with E-state index in [0.717, 1.165) is 5.69 Å². The lowest BCUT2D eigenvalue weighted by atomic mass is 10.2. The molecule has 0 atom stereocenters. The van der Waals surface area contributed by atoms with E-state index >= 15 is 0 Å². The second-order valence-corrected chi connectivity index (χ2v) is 6.76. The van der Waals surface area contributed by atoms with Crippen LogP contribution in [0, 0.1) is 5.92 Å². The summed E-state index contributed by atoms with van der Waals surface area (Å²) < 4.78 is 32.0. The SMILES string of the molecule is CNc1ccc(S(=O)(=O)NCCCOCC(C)C)cc1. The average molecular weight is 300 g/mol. The molecule has 1 aromatic rings. The summed E-state index contributed by atoms with van der Waals surface area (Å²) >= 11 is 0. The van der Waals surface area contributed by atoms with Gasteiger partial charge in [-0.3, -0.25) is 0 Å². The Morgan fingerprint density at radius 3 is 2.40 bits per heavy atom. The van der Waals surface area contributed by atoms with Crippen molar-refractivity contribution >= 4 is 15.7 Å². The molecule has 0 aliphatic heterocycles. The molecule has 0 saturated heterocycles. The maximum absolute atomic E-state index is 12.0. The molecule has 0 aliphatic rings. The molecular formula is C14H24N2O3S. The fourth-order valence-electron chi connectivity index (χ4n) is 1.58. The molecule has 1 rings (SSSR count). The number of ether oxygens (including phenoxy) is 1. The molecular weight excluding hydrogens is 276 g/mol. The van der Waals surface area contributed by atoms with Crippen LogP contribution in [0.3, 0.4) is 0 Å². The molecule has 5 nitrogen and oxygen atoms in total. The standard InChI is InChI=1S/C14H24N2O3S/c1-12(2)11-19-10-4-9-16-20(17,18)14-7-5-13(15-3)6-8-14/h5-8,12,15-16H,4,9-11H2,1-3H3. The topological polar surface area (TPSA) is 67.4 Å². The van der Waals surface area contributed by atoms with Gasteiger partial charge in [0.15, 0.2) is 0 Å². The van der Waals surface area contributed by atoms with Crippen LogP contribution in [0.2, 0.25) is 0 Å². The maximum Gasteiger partial charge on any atom is 0.240 e. The van der Waals surface area contributed by atoms with E-state index in [9.17, 15) is 8.42 Å². The van der Waals surface area contributed by atoms with Gasteiger partial charge in [-0.2, -0.15) is 0 Å². The van der Waals surface area contributed by atoms with Crippen LogP contribution < -0.4 is 10.0 Å². The summed E-state index contributed by atoms with van der Waals surface area (Å²) in [7, 11) is -1.63. The van der Waals surface area contributed by atoms with Gasteiger partial charge in [0, 0.05) is 32.5 Å². The Balaban J connectivity index is 2.37. The van der Waals surface area contributed by atoms with E-state index in [2.05, 4.69) is 23.9 Å². The Labute approximate surface area is 121 Å². The highest BCUT2D eigenvalue weighted by Gasteiger charge is 2.12. The lowest BCUT2D eigenvalue weighted by Gasteiger charge is -2.09. The van der Waals surface area contributed by atoms with Gasteiger partial charge in [-0.05, 0) is 36.6 Å². The lowest BCUT2D eigenvalue weighted by molar-refractivity contribution is 0.108. The average Bonchev–Trinajstić information content (AvgIpc) is 2.42. The molecule has 0 amide bonds. The monoisotopic (exact) mass is 300 g/mol. The van der Waals surface area contributed by atoms with Crippen LogP contribution in [0.25, 0.3) is 0 Å². The highest BCUT2D eigenvalue weighted by Crippen LogP contribution is 2.13. The predicted octanol–water partition coefficient (Wildman–Crippen LogP) is 2.07. The number of rotatable bonds is 9. The minimum atomic E-state index is -3.42. The molecule has 2 N–H and O–H groups in total. The van der Waals surface area contributed by atoms with Crippen LogP contribution in [0.1, 0.15) is 20.3 Å². The Morgan fingerprint density at radius 2 is 1.85 bits per heavy atom. The zero-order valence-corrected chi connectivity index (χ0v) is 13.2. The van der Waals surface area contributed by atoms with E-state index in [-0.39, 0.29) is 4.90 Å². The van der Waals surface area contributed by atoms with Crippen LogP contribution in [-0.4, -0.2) is 35.2 Å². The summed E-state index contributed by atoms with van der Waals surface area (Å²) in [5, 5.41) is 2.95. The quantitative estimate of drug-likeness (QED) is 0.685. The molecule has 0 aliphatic carbocycles. The van der Waals surface area contributed by atoms with Crippen molar-refractivity contribution in [2.75, 3.05) is 32.1 Å². The van der Waals surface area contributed by atoms with Crippen LogP contribution >= 0.6 is 0 Å². The minimum absolute atomic E-state index is 0.277. The molecule has 114 valence electrons. The first-order valence-electron chi connectivity index (χ1n) is 6.81. The number of hydrogen-bond acceptors (Lipinski definition) is 4. The molecule has 0 radical (unpaired) electrons. The van der Waals surface area contributed by atoms with Crippen molar-refractivity contribution in [3.05, 3.63) is 24.3 Å². The van der Waals surface area contributed by atoms with Gasteiger partial charge in [0.2, 0.25) is 10.0 Å². The van der Waals surface area contributed by atoms with E-state index < -0.39 is 10.0 Å². The van der Waals surface area contributed by atoms with E-state index in [4.69, 9.17) is 4.74 Å². The number of benzene rings is 1. The highest BCUT2D eigenvalue weighted by molar-refractivity contribution is 7.89.